The fraction of sp³-hybridized carbons (Fsp3) is 0.625. The quantitative estimate of drug-likeness (QED) is 0.708. The van der Waals surface area contributed by atoms with Crippen LogP contribution in [0.3, 0.4) is 0 Å². The molecule has 1 aromatic carbocycles. The summed E-state index contributed by atoms with van der Waals surface area (Å²) in [6.07, 6.45) is 2.22. The van der Waals surface area contributed by atoms with Gasteiger partial charge in [-0.2, -0.15) is 0 Å². The smallest absolute Gasteiger partial charge is 0.0661 e. The Morgan fingerprint density at radius 1 is 1.11 bits per heavy atom. The van der Waals surface area contributed by atoms with Crippen LogP contribution in [0.4, 0.5) is 0 Å². The summed E-state index contributed by atoms with van der Waals surface area (Å²) < 4.78 is 5.74. The summed E-state index contributed by atoms with van der Waals surface area (Å²) in [5.74, 6) is 0. The number of rotatable bonds is 8. The molecule has 0 saturated carbocycles. The molecule has 2 heteroatoms. The normalized spacial score (nSPS) is 12.7. The summed E-state index contributed by atoms with van der Waals surface area (Å²) in [5.41, 5.74) is 4.11. The fourth-order valence-corrected chi connectivity index (χ4v) is 2.29. The Labute approximate surface area is 112 Å². The number of benzene rings is 1. The predicted molar refractivity (Wildman–Crippen MR) is 78.1 cm³/mol. The number of hydrogen-bond donors (Lipinski definition) is 1. The molecular formula is C16H27NO. The average molecular weight is 249 g/mol. The topological polar surface area (TPSA) is 21.3 Å². The molecule has 0 heterocycles. The average Bonchev–Trinajstić information content (AvgIpc) is 2.35. The second-order valence-corrected chi connectivity index (χ2v) is 4.89. The number of aryl methyl sites for hydroxylation is 2. The summed E-state index contributed by atoms with van der Waals surface area (Å²) in [4.78, 5) is 0. The van der Waals surface area contributed by atoms with Crippen molar-refractivity contribution in [1.29, 1.82) is 0 Å². The van der Waals surface area contributed by atoms with E-state index >= 15 is 0 Å². The van der Waals surface area contributed by atoms with Crippen LogP contribution in [0.25, 0.3) is 0 Å². The minimum absolute atomic E-state index is 0.317. The molecule has 0 bridgehead atoms. The van der Waals surface area contributed by atoms with Crippen LogP contribution in [0.5, 0.6) is 0 Å². The van der Waals surface area contributed by atoms with Crippen molar-refractivity contribution >= 4 is 0 Å². The van der Waals surface area contributed by atoms with E-state index in [1.165, 1.54) is 16.7 Å². The number of hydrogen-bond acceptors (Lipinski definition) is 2. The Hall–Kier alpha value is -0.860. The zero-order valence-corrected chi connectivity index (χ0v) is 12.3. The van der Waals surface area contributed by atoms with Gasteiger partial charge in [0.25, 0.3) is 0 Å². The van der Waals surface area contributed by atoms with E-state index in [0.29, 0.717) is 6.04 Å². The van der Waals surface area contributed by atoms with Crippen LogP contribution in [0.1, 0.15) is 49.4 Å². The van der Waals surface area contributed by atoms with Crippen LogP contribution < -0.4 is 5.32 Å². The molecule has 0 aromatic heterocycles. The van der Waals surface area contributed by atoms with Crippen LogP contribution >= 0.6 is 0 Å². The maximum atomic E-state index is 5.74. The third-order valence-corrected chi connectivity index (χ3v) is 3.16. The molecular weight excluding hydrogens is 222 g/mol. The lowest BCUT2D eigenvalue weighted by Crippen LogP contribution is -2.28. The first-order chi connectivity index (χ1) is 8.70. The van der Waals surface area contributed by atoms with Crippen LogP contribution in [0, 0.1) is 13.8 Å². The summed E-state index contributed by atoms with van der Waals surface area (Å²) in [6.45, 7) is 11.4. The third kappa shape index (κ3) is 4.43. The molecule has 0 aliphatic rings. The van der Waals surface area contributed by atoms with E-state index < -0.39 is 0 Å². The predicted octanol–water partition coefficient (Wildman–Crippen LogP) is 3.77. The van der Waals surface area contributed by atoms with Crippen molar-refractivity contribution in [3.8, 4) is 0 Å². The molecule has 0 saturated heterocycles. The molecule has 0 amide bonds. The Bertz CT molecular complexity index is 329. The first kappa shape index (κ1) is 15.2. The Balaban J connectivity index is 2.79. The molecule has 1 unspecified atom stereocenters. The molecule has 0 spiro atoms. The standard InChI is InChI=1S/C16H27NO/c1-5-10-17-15(12-18-11-6-2)16-13(3)8-7-9-14(16)4/h7-9,15,17H,5-6,10-12H2,1-4H3. The molecule has 18 heavy (non-hydrogen) atoms. The Kier molecular flexibility index (Phi) is 6.99. The molecule has 0 fully saturated rings. The van der Waals surface area contributed by atoms with E-state index in [2.05, 4.69) is 51.2 Å². The van der Waals surface area contributed by atoms with Crippen molar-refractivity contribution in [2.24, 2.45) is 0 Å². The zero-order valence-electron chi connectivity index (χ0n) is 12.3. The second kappa shape index (κ2) is 8.28. The Morgan fingerprint density at radius 2 is 1.78 bits per heavy atom. The minimum Gasteiger partial charge on any atom is -0.379 e. The highest BCUT2D eigenvalue weighted by Gasteiger charge is 2.15. The second-order valence-electron chi connectivity index (χ2n) is 4.89. The maximum Gasteiger partial charge on any atom is 0.0661 e. The minimum atomic E-state index is 0.317. The van der Waals surface area contributed by atoms with Crippen molar-refractivity contribution in [2.75, 3.05) is 19.8 Å². The van der Waals surface area contributed by atoms with Gasteiger partial charge in [0.15, 0.2) is 0 Å². The van der Waals surface area contributed by atoms with Gasteiger partial charge in [-0.1, -0.05) is 32.0 Å². The van der Waals surface area contributed by atoms with E-state index in [9.17, 15) is 0 Å². The van der Waals surface area contributed by atoms with Gasteiger partial charge in [0.05, 0.1) is 12.6 Å². The highest BCUT2D eigenvalue weighted by Crippen LogP contribution is 2.22. The summed E-state index contributed by atoms with van der Waals surface area (Å²) in [5, 5.41) is 3.60. The number of nitrogens with one attached hydrogen (secondary N) is 1. The third-order valence-electron chi connectivity index (χ3n) is 3.16. The van der Waals surface area contributed by atoms with E-state index in [-0.39, 0.29) is 0 Å². The molecule has 0 aliphatic heterocycles. The van der Waals surface area contributed by atoms with Crippen LogP contribution in [-0.2, 0) is 4.74 Å². The van der Waals surface area contributed by atoms with E-state index in [1.807, 2.05) is 0 Å². The summed E-state index contributed by atoms with van der Waals surface area (Å²) in [7, 11) is 0. The molecule has 1 atom stereocenters. The molecule has 1 rings (SSSR count). The molecule has 1 aromatic rings. The fourth-order valence-electron chi connectivity index (χ4n) is 2.29. The van der Waals surface area contributed by atoms with Crippen molar-refractivity contribution in [2.45, 2.75) is 46.6 Å². The SMILES string of the molecule is CCCNC(COCCC)c1c(C)cccc1C. The van der Waals surface area contributed by atoms with Crippen LogP contribution in [0.15, 0.2) is 18.2 Å². The molecule has 102 valence electrons. The first-order valence-corrected chi connectivity index (χ1v) is 7.07. The van der Waals surface area contributed by atoms with Crippen molar-refractivity contribution in [3.63, 3.8) is 0 Å². The van der Waals surface area contributed by atoms with Crippen molar-refractivity contribution in [3.05, 3.63) is 34.9 Å². The number of ether oxygens (including phenoxy) is 1. The lowest BCUT2D eigenvalue weighted by Gasteiger charge is -2.23. The maximum absolute atomic E-state index is 5.74. The van der Waals surface area contributed by atoms with Gasteiger partial charge in [-0.3, -0.25) is 0 Å². The largest absolute Gasteiger partial charge is 0.379 e. The lowest BCUT2D eigenvalue weighted by molar-refractivity contribution is 0.111. The molecule has 0 radical (unpaired) electrons. The highest BCUT2D eigenvalue weighted by molar-refractivity contribution is 5.36. The first-order valence-electron chi connectivity index (χ1n) is 7.07. The Morgan fingerprint density at radius 3 is 2.33 bits per heavy atom. The van der Waals surface area contributed by atoms with Crippen molar-refractivity contribution < 1.29 is 4.74 Å². The van der Waals surface area contributed by atoms with Crippen LogP contribution in [-0.4, -0.2) is 19.8 Å². The van der Waals surface area contributed by atoms with Gasteiger partial charge >= 0.3 is 0 Å². The van der Waals surface area contributed by atoms with Gasteiger partial charge in [-0.25, -0.2) is 0 Å². The van der Waals surface area contributed by atoms with Crippen LogP contribution in [0.2, 0.25) is 0 Å². The van der Waals surface area contributed by atoms with Gasteiger partial charge in [0, 0.05) is 6.61 Å². The van der Waals surface area contributed by atoms with Gasteiger partial charge in [0.1, 0.15) is 0 Å². The van der Waals surface area contributed by atoms with Gasteiger partial charge in [-0.15, -0.1) is 0 Å². The summed E-state index contributed by atoms with van der Waals surface area (Å²) >= 11 is 0. The summed E-state index contributed by atoms with van der Waals surface area (Å²) in [6, 6.07) is 6.81. The van der Waals surface area contributed by atoms with E-state index in [4.69, 9.17) is 4.74 Å². The molecule has 1 N–H and O–H groups in total. The van der Waals surface area contributed by atoms with Crippen molar-refractivity contribution in [1.82, 2.24) is 5.32 Å². The lowest BCUT2D eigenvalue weighted by atomic mass is 9.96. The van der Waals surface area contributed by atoms with E-state index in [0.717, 1.165) is 32.6 Å². The van der Waals surface area contributed by atoms with Gasteiger partial charge in [0.2, 0.25) is 0 Å². The van der Waals surface area contributed by atoms with Gasteiger partial charge < -0.3 is 10.1 Å². The van der Waals surface area contributed by atoms with Gasteiger partial charge in [-0.05, 0) is 49.9 Å². The van der Waals surface area contributed by atoms with E-state index in [1.54, 1.807) is 0 Å². The zero-order chi connectivity index (χ0) is 13.4. The highest BCUT2D eigenvalue weighted by atomic mass is 16.5. The molecule has 2 nitrogen and oxygen atoms in total. The monoisotopic (exact) mass is 249 g/mol. The molecule has 0 aliphatic carbocycles.